The van der Waals surface area contributed by atoms with Crippen LogP contribution >= 0.6 is 11.8 Å². The van der Waals surface area contributed by atoms with Gasteiger partial charge in [-0.2, -0.15) is 11.8 Å². The molecule has 0 aromatic heterocycles. The Morgan fingerprint density at radius 1 is 1.30 bits per heavy atom. The predicted octanol–water partition coefficient (Wildman–Crippen LogP) is 2.39. The van der Waals surface area contributed by atoms with E-state index in [-0.39, 0.29) is 11.5 Å². The number of hydrogen-bond acceptors (Lipinski definition) is 3. The third-order valence-corrected chi connectivity index (χ3v) is 3.50. The van der Waals surface area contributed by atoms with Crippen LogP contribution in [-0.2, 0) is 0 Å². The number of carbonyl (C=O) groups is 2. The van der Waals surface area contributed by atoms with Gasteiger partial charge < -0.3 is 10.4 Å². The zero-order chi connectivity index (χ0) is 15.3. The molecule has 1 aromatic rings. The maximum absolute atomic E-state index is 13.2. The molecule has 1 rings (SSSR count). The van der Waals surface area contributed by atoms with E-state index in [1.165, 1.54) is 0 Å². The molecule has 2 N–H and O–H groups in total. The van der Waals surface area contributed by atoms with Crippen molar-refractivity contribution in [1.82, 2.24) is 5.32 Å². The average molecular weight is 303 g/mol. The Morgan fingerprint density at radius 2 is 1.85 bits per heavy atom. The minimum Gasteiger partial charge on any atom is -0.478 e. The van der Waals surface area contributed by atoms with Crippen molar-refractivity contribution in [2.45, 2.75) is 6.92 Å². The molecule has 1 unspecified atom stereocenters. The molecule has 0 radical (unpaired) electrons. The highest BCUT2D eigenvalue weighted by Gasteiger charge is 2.20. The van der Waals surface area contributed by atoms with Gasteiger partial charge in [-0.15, -0.1) is 0 Å². The van der Waals surface area contributed by atoms with E-state index in [0.717, 1.165) is 5.75 Å². The molecule has 0 heterocycles. The third kappa shape index (κ3) is 4.19. The van der Waals surface area contributed by atoms with Gasteiger partial charge in [0.2, 0.25) is 0 Å². The molecule has 0 aliphatic heterocycles. The van der Waals surface area contributed by atoms with E-state index in [4.69, 9.17) is 5.11 Å². The van der Waals surface area contributed by atoms with E-state index in [2.05, 4.69) is 5.32 Å². The van der Waals surface area contributed by atoms with Crippen molar-refractivity contribution in [3.63, 3.8) is 0 Å². The molecule has 1 amide bonds. The fraction of sp³-hybridized carbons (Fsp3) is 0.385. The van der Waals surface area contributed by atoms with Crippen LogP contribution in [0.4, 0.5) is 8.78 Å². The first-order chi connectivity index (χ1) is 9.36. The minimum absolute atomic E-state index is 0.188. The van der Waals surface area contributed by atoms with E-state index in [1.807, 2.05) is 13.2 Å². The van der Waals surface area contributed by atoms with Crippen LogP contribution in [0.5, 0.6) is 0 Å². The first kappa shape index (κ1) is 16.4. The lowest BCUT2D eigenvalue weighted by Gasteiger charge is -2.12. The van der Waals surface area contributed by atoms with Crippen molar-refractivity contribution in [2.24, 2.45) is 5.92 Å². The molecular weight excluding hydrogens is 288 g/mol. The van der Waals surface area contributed by atoms with Crippen molar-refractivity contribution in [1.29, 1.82) is 0 Å². The van der Waals surface area contributed by atoms with Gasteiger partial charge in [0.15, 0.2) is 11.6 Å². The highest BCUT2D eigenvalue weighted by molar-refractivity contribution is 7.98. The summed E-state index contributed by atoms with van der Waals surface area (Å²) in [5, 5.41) is 11.4. The summed E-state index contributed by atoms with van der Waals surface area (Å²) in [5.74, 6) is -3.75. The second-order valence-corrected chi connectivity index (χ2v) is 5.30. The molecule has 7 heteroatoms. The lowest BCUT2D eigenvalue weighted by molar-refractivity contribution is 0.0690. The molecular formula is C13H15F2NO3S. The summed E-state index contributed by atoms with van der Waals surface area (Å²) in [6.45, 7) is 2.25. The standard InChI is InChI=1S/C13H15F2NO3S/c1-7(6-20-2)5-16-12(17)8-3-10(14)11(15)4-9(8)13(18)19/h3-4,7H,5-6H2,1-2H3,(H,16,17)(H,18,19). The van der Waals surface area contributed by atoms with Crippen molar-refractivity contribution >= 4 is 23.6 Å². The number of thioether (sulfide) groups is 1. The number of aromatic carboxylic acids is 1. The van der Waals surface area contributed by atoms with Gasteiger partial charge in [-0.05, 0) is 30.1 Å². The quantitative estimate of drug-likeness (QED) is 0.847. The summed E-state index contributed by atoms with van der Waals surface area (Å²) in [4.78, 5) is 22.8. The molecule has 1 aromatic carbocycles. The molecule has 0 saturated heterocycles. The van der Waals surface area contributed by atoms with Crippen molar-refractivity contribution in [3.05, 3.63) is 34.9 Å². The average Bonchev–Trinajstić information content (AvgIpc) is 2.38. The second-order valence-electron chi connectivity index (χ2n) is 4.39. The monoisotopic (exact) mass is 303 g/mol. The molecule has 4 nitrogen and oxygen atoms in total. The number of rotatable bonds is 6. The first-order valence-corrected chi connectivity index (χ1v) is 7.25. The topological polar surface area (TPSA) is 66.4 Å². The lowest BCUT2D eigenvalue weighted by atomic mass is 10.1. The molecule has 0 aliphatic rings. The van der Waals surface area contributed by atoms with Crippen LogP contribution in [-0.4, -0.2) is 35.5 Å². The van der Waals surface area contributed by atoms with Crippen LogP contribution in [0.3, 0.4) is 0 Å². The number of carboxylic acids is 1. The van der Waals surface area contributed by atoms with Crippen LogP contribution in [0.2, 0.25) is 0 Å². The summed E-state index contributed by atoms with van der Waals surface area (Å²) >= 11 is 1.61. The Morgan fingerprint density at radius 3 is 2.35 bits per heavy atom. The highest BCUT2D eigenvalue weighted by atomic mass is 32.2. The zero-order valence-corrected chi connectivity index (χ0v) is 11.9. The maximum Gasteiger partial charge on any atom is 0.336 e. The predicted molar refractivity (Wildman–Crippen MR) is 73.2 cm³/mol. The molecule has 20 heavy (non-hydrogen) atoms. The van der Waals surface area contributed by atoms with E-state index in [9.17, 15) is 18.4 Å². The first-order valence-electron chi connectivity index (χ1n) is 5.86. The number of amides is 1. The lowest BCUT2D eigenvalue weighted by Crippen LogP contribution is -2.30. The summed E-state index contributed by atoms with van der Waals surface area (Å²) in [5.41, 5.74) is -0.938. The smallest absolute Gasteiger partial charge is 0.336 e. The molecule has 0 aliphatic carbocycles. The van der Waals surface area contributed by atoms with E-state index in [0.29, 0.717) is 18.7 Å². The summed E-state index contributed by atoms with van der Waals surface area (Å²) < 4.78 is 26.2. The van der Waals surface area contributed by atoms with E-state index >= 15 is 0 Å². The van der Waals surface area contributed by atoms with Gasteiger partial charge in [0.1, 0.15) is 0 Å². The number of nitrogens with one attached hydrogen (secondary N) is 1. The van der Waals surface area contributed by atoms with Gasteiger partial charge in [0.25, 0.3) is 5.91 Å². The van der Waals surface area contributed by atoms with Crippen LogP contribution < -0.4 is 5.32 Å². The molecule has 110 valence electrons. The number of hydrogen-bond donors (Lipinski definition) is 2. The maximum atomic E-state index is 13.2. The Bertz CT molecular complexity index is 523. The normalized spacial score (nSPS) is 12.0. The summed E-state index contributed by atoms with van der Waals surface area (Å²) in [7, 11) is 0. The molecule has 0 saturated carbocycles. The van der Waals surface area contributed by atoms with E-state index < -0.39 is 29.1 Å². The highest BCUT2D eigenvalue weighted by Crippen LogP contribution is 2.15. The Kier molecular flexibility index (Phi) is 5.94. The second kappa shape index (κ2) is 7.23. The van der Waals surface area contributed by atoms with Crippen molar-refractivity contribution < 1.29 is 23.5 Å². The number of carbonyl (C=O) groups excluding carboxylic acids is 1. The van der Waals surface area contributed by atoms with Gasteiger partial charge in [-0.1, -0.05) is 6.92 Å². The third-order valence-electron chi connectivity index (χ3n) is 2.60. The largest absolute Gasteiger partial charge is 0.478 e. The van der Waals surface area contributed by atoms with Crippen molar-refractivity contribution in [2.75, 3.05) is 18.6 Å². The Labute approximate surface area is 119 Å². The van der Waals surface area contributed by atoms with Gasteiger partial charge in [-0.3, -0.25) is 4.79 Å². The Hall–Kier alpha value is -1.63. The Balaban J connectivity index is 2.92. The summed E-state index contributed by atoms with van der Waals surface area (Å²) in [6, 6.07) is 1.12. The summed E-state index contributed by atoms with van der Waals surface area (Å²) in [6.07, 6.45) is 1.93. The fourth-order valence-electron chi connectivity index (χ4n) is 1.62. The van der Waals surface area contributed by atoms with Gasteiger partial charge in [0.05, 0.1) is 11.1 Å². The van der Waals surface area contributed by atoms with Crippen LogP contribution in [0, 0.1) is 17.6 Å². The van der Waals surface area contributed by atoms with Gasteiger partial charge in [-0.25, -0.2) is 13.6 Å². The molecule has 0 spiro atoms. The van der Waals surface area contributed by atoms with Crippen LogP contribution in [0.1, 0.15) is 27.6 Å². The number of benzene rings is 1. The number of carboxylic acid groups (broad SMARTS) is 1. The molecule has 0 fully saturated rings. The van der Waals surface area contributed by atoms with Crippen molar-refractivity contribution in [3.8, 4) is 0 Å². The molecule has 1 atom stereocenters. The van der Waals surface area contributed by atoms with Crippen LogP contribution in [0.25, 0.3) is 0 Å². The zero-order valence-electron chi connectivity index (χ0n) is 11.1. The van der Waals surface area contributed by atoms with Crippen LogP contribution in [0.15, 0.2) is 12.1 Å². The fourth-order valence-corrected chi connectivity index (χ4v) is 2.30. The van der Waals surface area contributed by atoms with Gasteiger partial charge >= 0.3 is 5.97 Å². The van der Waals surface area contributed by atoms with E-state index in [1.54, 1.807) is 11.8 Å². The minimum atomic E-state index is -1.48. The SMILES string of the molecule is CSCC(C)CNC(=O)c1cc(F)c(F)cc1C(=O)O. The van der Waals surface area contributed by atoms with Gasteiger partial charge in [0, 0.05) is 6.54 Å². The molecule has 0 bridgehead atoms. The number of halogens is 2.